The number of aromatic nitrogens is 1. The number of halogens is 2. The molecule has 1 nitrogen and oxygen atoms in total. The van der Waals surface area contributed by atoms with Crippen molar-refractivity contribution in [1.82, 2.24) is 4.98 Å². The molecule has 1 heterocycles. The number of hydrogen-bond donors (Lipinski definition) is 0. The van der Waals surface area contributed by atoms with Crippen molar-refractivity contribution in [2.75, 3.05) is 0 Å². The van der Waals surface area contributed by atoms with E-state index in [1.54, 1.807) is 0 Å². The van der Waals surface area contributed by atoms with Gasteiger partial charge in [0.25, 0.3) is 0 Å². The van der Waals surface area contributed by atoms with Crippen molar-refractivity contribution in [1.29, 1.82) is 0 Å². The number of pyridine rings is 1. The zero-order chi connectivity index (χ0) is 9.97. The number of rotatable bonds is 1. The molecule has 0 amide bonds. The Morgan fingerprint density at radius 1 is 1.07 bits per heavy atom. The van der Waals surface area contributed by atoms with Crippen LogP contribution in [0.3, 0.4) is 0 Å². The molecule has 0 saturated carbocycles. The van der Waals surface area contributed by atoms with E-state index in [1.807, 2.05) is 30.5 Å². The van der Waals surface area contributed by atoms with Crippen LogP contribution in [0.15, 0.2) is 47.1 Å². The maximum atomic E-state index is 4.37. The van der Waals surface area contributed by atoms with Gasteiger partial charge in [-0.15, -0.1) is 0 Å². The van der Waals surface area contributed by atoms with Crippen molar-refractivity contribution in [3.63, 3.8) is 0 Å². The minimum absolute atomic E-state index is 0.998. The average molecular weight is 360 g/mol. The molecule has 0 spiro atoms. The molecular formula is C11H7BrIN. The highest BCUT2D eigenvalue weighted by Crippen LogP contribution is 2.26. The second-order valence-corrected chi connectivity index (χ2v) is 4.94. The normalized spacial score (nSPS) is 10.1. The van der Waals surface area contributed by atoms with Gasteiger partial charge in [0.05, 0.1) is 5.69 Å². The summed E-state index contributed by atoms with van der Waals surface area (Å²) in [5.41, 5.74) is 2.13. The van der Waals surface area contributed by atoms with Gasteiger partial charge >= 0.3 is 0 Å². The maximum Gasteiger partial charge on any atom is 0.0714 e. The third-order valence-electron chi connectivity index (χ3n) is 1.88. The molecule has 1 aromatic carbocycles. The van der Waals surface area contributed by atoms with Gasteiger partial charge in [0.15, 0.2) is 0 Å². The fourth-order valence-corrected chi connectivity index (χ4v) is 2.01. The van der Waals surface area contributed by atoms with E-state index in [1.165, 1.54) is 0 Å². The van der Waals surface area contributed by atoms with Crippen LogP contribution in [-0.4, -0.2) is 4.98 Å². The Balaban J connectivity index is 2.50. The van der Waals surface area contributed by atoms with Crippen LogP contribution < -0.4 is 0 Å². The summed E-state index contributed by atoms with van der Waals surface area (Å²) in [5, 5.41) is 0. The van der Waals surface area contributed by atoms with Crippen LogP contribution in [0.2, 0.25) is 0 Å². The summed E-state index contributed by atoms with van der Waals surface area (Å²) in [7, 11) is 0. The Kier molecular flexibility index (Phi) is 3.18. The summed E-state index contributed by atoms with van der Waals surface area (Å²) < 4.78 is 2.23. The van der Waals surface area contributed by atoms with E-state index >= 15 is 0 Å². The molecule has 0 saturated heterocycles. The predicted molar refractivity (Wildman–Crippen MR) is 70.1 cm³/mol. The molecular weight excluding hydrogens is 353 g/mol. The van der Waals surface area contributed by atoms with Crippen molar-refractivity contribution >= 4 is 38.5 Å². The smallest absolute Gasteiger partial charge is 0.0714 e. The highest BCUT2D eigenvalue weighted by Gasteiger charge is 2.02. The first-order valence-electron chi connectivity index (χ1n) is 4.14. The molecule has 14 heavy (non-hydrogen) atoms. The average Bonchev–Trinajstić information content (AvgIpc) is 2.20. The first kappa shape index (κ1) is 10.1. The Bertz CT molecular complexity index is 439. The third-order valence-corrected chi connectivity index (χ3v) is 3.21. The second kappa shape index (κ2) is 4.40. The summed E-state index contributed by atoms with van der Waals surface area (Å²) in [5.74, 6) is 0. The monoisotopic (exact) mass is 359 g/mol. The molecule has 3 heteroatoms. The lowest BCUT2D eigenvalue weighted by atomic mass is 10.1. The van der Waals surface area contributed by atoms with Crippen LogP contribution in [0.4, 0.5) is 0 Å². The largest absolute Gasteiger partial charge is 0.255 e. The van der Waals surface area contributed by atoms with Crippen LogP contribution in [-0.2, 0) is 0 Å². The van der Waals surface area contributed by atoms with Crippen LogP contribution in [0, 0.1) is 3.57 Å². The van der Waals surface area contributed by atoms with Crippen LogP contribution >= 0.6 is 38.5 Å². The van der Waals surface area contributed by atoms with E-state index in [2.05, 4.69) is 55.6 Å². The molecule has 0 bridgehead atoms. The highest BCUT2D eigenvalue weighted by atomic mass is 127. The molecule has 0 aliphatic heterocycles. The Hall–Kier alpha value is -0.420. The van der Waals surface area contributed by atoms with Crippen molar-refractivity contribution in [2.45, 2.75) is 0 Å². The molecule has 1 aromatic heterocycles. The van der Waals surface area contributed by atoms with Crippen LogP contribution in [0.1, 0.15) is 0 Å². The van der Waals surface area contributed by atoms with Gasteiger partial charge in [0.1, 0.15) is 0 Å². The number of benzene rings is 1. The lowest BCUT2D eigenvalue weighted by molar-refractivity contribution is 1.30. The standard InChI is InChI=1S/C11H7BrIN/c12-10-4-2-1-3-9(10)11-6-5-8(13)7-14-11/h1-7H. The Morgan fingerprint density at radius 2 is 1.86 bits per heavy atom. The fraction of sp³-hybridized carbons (Fsp3) is 0. The van der Waals surface area contributed by atoms with Gasteiger partial charge in [-0.3, -0.25) is 4.98 Å². The van der Waals surface area contributed by atoms with Gasteiger partial charge < -0.3 is 0 Å². The quantitative estimate of drug-likeness (QED) is 0.698. The zero-order valence-electron chi connectivity index (χ0n) is 7.24. The molecule has 0 aliphatic rings. The summed E-state index contributed by atoms with van der Waals surface area (Å²) >= 11 is 5.76. The van der Waals surface area contributed by atoms with Gasteiger partial charge in [-0.05, 0) is 40.8 Å². The van der Waals surface area contributed by atoms with Crippen molar-refractivity contribution < 1.29 is 0 Å². The van der Waals surface area contributed by atoms with Gasteiger partial charge in [-0.2, -0.15) is 0 Å². The van der Waals surface area contributed by atoms with Crippen LogP contribution in [0.25, 0.3) is 11.3 Å². The third kappa shape index (κ3) is 2.15. The maximum absolute atomic E-state index is 4.37. The van der Waals surface area contributed by atoms with E-state index in [9.17, 15) is 0 Å². The molecule has 2 rings (SSSR count). The number of hydrogen-bond acceptors (Lipinski definition) is 1. The minimum Gasteiger partial charge on any atom is -0.255 e. The van der Waals surface area contributed by atoms with Gasteiger partial charge in [0.2, 0.25) is 0 Å². The second-order valence-electron chi connectivity index (χ2n) is 2.84. The summed E-state index contributed by atoms with van der Waals surface area (Å²) in [6, 6.07) is 12.2. The van der Waals surface area contributed by atoms with Gasteiger partial charge in [-0.25, -0.2) is 0 Å². The first-order valence-corrected chi connectivity index (χ1v) is 6.01. The molecule has 0 fully saturated rings. The van der Waals surface area contributed by atoms with Crippen molar-refractivity contribution in [3.05, 3.63) is 50.6 Å². The summed E-state index contributed by atoms with van der Waals surface area (Å²) in [6.45, 7) is 0. The highest BCUT2D eigenvalue weighted by molar-refractivity contribution is 14.1. The molecule has 2 aromatic rings. The van der Waals surface area contributed by atoms with E-state index in [0.717, 1.165) is 19.3 Å². The van der Waals surface area contributed by atoms with Crippen molar-refractivity contribution in [3.8, 4) is 11.3 Å². The SMILES string of the molecule is Brc1ccccc1-c1ccc(I)cn1. The molecule has 0 radical (unpaired) electrons. The van der Waals surface area contributed by atoms with E-state index in [0.29, 0.717) is 0 Å². The zero-order valence-corrected chi connectivity index (χ0v) is 11.0. The van der Waals surface area contributed by atoms with Crippen molar-refractivity contribution in [2.24, 2.45) is 0 Å². The summed E-state index contributed by atoms with van der Waals surface area (Å²) in [4.78, 5) is 4.37. The lowest BCUT2D eigenvalue weighted by Crippen LogP contribution is -1.84. The molecule has 0 unspecified atom stereocenters. The summed E-state index contributed by atoms with van der Waals surface area (Å²) in [6.07, 6.45) is 1.87. The molecule has 70 valence electrons. The lowest BCUT2D eigenvalue weighted by Gasteiger charge is -2.02. The Morgan fingerprint density at radius 3 is 2.50 bits per heavy atom. The topological polar surface area (TPSA) is 12.9 Å². The molecule has 0 aliphatic carbocycles. The minimum atomic E-state index is 0.998. The van der Waals surface area contributed by atoms with Gasteiger partial charge in [0, 0.05) is 19.8 Å². The van der Waals surface area contributed by atoms with E-state index in [-0.39, 0.29) is 0 Å². The van der Waals surface area contributed by atoms with E-state index < -0.39 is 0 Å². The Labute approximate surface area is 105 Å². The fourth-order valence-electron chi connectivity index (χ4n) is 1.20. The van der Waals surface area contributed by atoms with Crippen LogP contribution in [0.5, 0.6) is 0 Å². The predicted octanol–water partition coefficient (Wildman–Crippen LogP) is 4.12. The molecule has 0 atom stereocenters. The number of nitrogens with zero attached hydrogens (tertiary/aromatic N) is 1. The van der Waals surface area contributed by atoms with Gasteiger partial charge in [-0.1, -0.05) is 34.1 Å². The molecule has 0 N–H and O–H groups in total. The first-order chi connectivity index (χ1) is 6.77. The van der Waals surface area contributed by atoms with E-state index in [4.69, 9.17) is 0 Å².